The van der Waals surface area contributed by atoms with Crippen molar-refractivity contribution in [1.29, 1.82) is 0 Å². The second kappa shape index (κ2) is 5.08. The normalized spacial score (nSPS) is 9.42. The van der Waals surface area contributed by atoms with Crippen LogP contribution in [0.3, 0.4) is 0 Å². The number of hydrogen-bond acceptors (Lipinski definition) is 3. The van der Waals surface area contributed by atoms with E-state index >= 15 is 0 Å². The van der Waals surface area contributed by atoms with Crippen molar-refractivity contribution in [3.63, 3.8) is 0 Å². The monoisotopic (exact) mass is 188 g/mol. The van der Waals surface area contributed by atoms with Crippen molar-refractivity contribution in [3.05, 3.63) is 11.2 Å². The molecular formula is C8H20N2OSi. The van der Waals surface area contributed by atoms with E-state index in [1.165, 1.54) is 5.82 Å². The van der Waals surface area contributed by atoms with E-state index in [4.69, 9.17) is 4.74 Å². The van der Waals surface area contributed by atoms with Crippen molar-refractivity contribution in [2.75, 3.05) is 34.8 Å². The Hall–Kier alpha value is -0.643. The molecule has 0 atom stereocenters. The SMILES string of the molecule is CCOC([SiH3])=C(N(C)C)N(C)C. The first kappa shape index (κ1) is 11.4. The summed E-state index contributed by atoms with van der Waals surface area (Å²) < 4.78 is 5.48. The third-order valence-electron chi connectivity index (χ3n) is 1.52. The molecule has 0 unspecified atom stereocenters. The summed E-state index contributed by atoms with van der Waals surface area (Å²) in [6.45, 7) is 2.77. The highest BCUT2D eigenvalue weighted by molar-refractivity contribution is 6.20. The molecule has 0 amide bonds. The second-order valence-corrected chi connectivity index (χ2v) is 4.01. The Balaban J connectivity index is 4.56. The maximum absolute atomic E-state index is 5.48. The lowest BCUT2D eigenvalue weighted by Gasteiger charge is -2.26. The highest BCUT2D eigenvalue weighted by Gasteiger charge is 2.07. The van der Waals surface area contributed by atoms with Gasteiger partial charge < -0.3 is 14.5 Å². The largest absolute Gasteiger partial charge is 0.501 e. The lowest BCUT2D eigenvalue weighted by Crippen LogP contribution is -2.27. The molecule has 0 aromatic heterocycles. The van der Waals surface area contributed by atoms with Gasteiger partial charge >= 0.3 is 0 Å². The maximum Gasteiger partial charge on any atom is 0.135 e. The van der Waals surface area contributed by atoms with E-state index in [0.717, 1.165) is 22.2 Å². The van der Waals surface area contributed by atoms with Gasteiger partial charge in [-0.05, 0) is 6.92 Å². The van der Waals surface area contributed by atoms with E-state index in [1.54, 1.807) is 0 Å². The molecule has 0 aromatic carbocycles. The summed E-state index contributed by atoms with van der Waals surface area (Å²) in [5.41, 5.74) is 0. The third-order valence-corrected chi connectivity index (χ3v) is 2.26. The summed E-state index contributed by atoms with van der Waals surface area (Å²) in [6.07, 6.45) is 0. The van der Waals surface area contributed by atoms with Crippen LogP contribution in [0.25, 0.3) is 0 Å². The van der Waals surface area contributed by atoms with Crippen molar-refractivity contribution in [2.45, 2.75) is 6.92 Å². The van der Waals surface area contributed by atoms with Crippen LogP contribution in [0.5, 0.6) is 0 Å². The molecule has 0 aromatic rings. The number of ether oxygens (including phenoxy) is 1. The third kappa shape index (κ3) is 3.17. The predicted molar refractivity (Wildman–Crippen MR) is 56.0 cm³/mol. The van der Waals surface area contributed by atoms with E-state index in [9.17, 15) is 0 Å². The van der Waals surface area contributed by atoms with Crippen LogP contribution in [-0.2, 0) is 4.74 Å². The molecule has 0 radical (unpaired) electrons. The molecule has 0 aliphatic carbocycles. The lowest BCUT2D eigenvalue weighted by molar-refractivity contribution is 0.218. The van der Waals surface area contributed by atoms with Gasteiger partial charge in [0.1, 0.15) is 11.2 Å². The van der Waals surface area contributed by atoms with Crippen LogP contribution in [0, 0.1) is 0 Å². The fourth-order valence-electron chi connectivity index (χ4n) is 1.31. The summed E-state index contributed by atoms with van der Waals surface area (Å²) in [4.78, 5) is 4.16. The predicted octanol–water partition coefficient (Wildman–Crippen LogP) is -0.362. The van der Waals surface area contributed by atoms with Crippen LogP contribution in [-0.4, -0.2) is 54.8 Å². The lowest BCUT2D eigenvalue weighted by atomic mass is 10.6. The van der Waals surface area contributed by atoms with Gasteiger partial charge in [-0.3, -0.25) is 0 Å². The summed E-state index contributed by atoms with van der Waals surface area (Å²) in [5.74, 6) is 1.17. The van der Waals surface area contributed by atoms with Gasteiger partial charge in [-0.25, -0.2) is 0 Å². The topological polar surface area (TPSA) is 15.7 Å². The first-order chi connectivity index (χ1) is 5.50. The molecular weight excluding hydrogens is 168 g/mol. The molecule has 0 fully saturated rings. The van der Waals surface area contributed by atoms with Crippen molar-refractivity contribution in [1.82, 2.24) is 9.80 Å². The molecule has 72 valence electrons. The van der Waals surface area contributed by atoms with Crippen LogP contribution in [0.15, 0.2) is 11.2 Å². The van der Waals surface area contributed by atoms with E-state index in [1.807, 2.05) is 35.1 Å². The standard InChI is InChI=1S/C8H20N2OSi/c1-6-11-8(12)7(9(2)3)10(4)5/h6H2,1-5,12H3. The molecule has 12 heavy (non-hydrogen) atoms. The Morgan fingerprint density at radius 3 is 1.83 bits per heavy atom. The van der Waals surface area contributed by atoms with Crippen LogP contribution >= 0.6 is 0 Å². The molecule has 0 aliphatic heterocycles. The van der Waals surface area contributed by atoms with Crippen LogP contribution < -0.4 is 0 Å². The van der Waals surface area contributed by atoms with Crippen molar-refractivity contribution in [3.8, 4) is 0 Å². The van der Waals surface area contributed by atoms with Gasteiger partial charge in [0, 0.05) is 28.2 Å². The number of hydrogen-bond donors (Lipinski definition) is 0. The Kier molecular flexibility index (Phi) is 4.81. The van der Waals surface area contributed by atoms with Crippen LogP contribution in [0.2, 0.25) is 0 Å². The molecule has 0 rings (SSSR count). The van der Waals surface area contributed by atoms with Crippen LogP contribution in [0.4, 0.5) is 0 Å². The first-order valence-corrected chi connectivity index (χ1v) is 5.19. The minimum absolute atomic E-state index is 0.754. The maximum atomic E-state index is 5.48. The summed E-state index contributed by atoms with van der Waals surface area (Å²) in [7, 11) is 9.09. The molecule has 0 bridgehead atoms. The number of rotatable bonds is 4. The van der Waals surface area contributed by atoms with Gasteiger partial charge in [-0.2, -0.15) is 0 Å². The van der Waals surface area contributed by atoms with E-state index in [-0.39, 0.29) is 0 Å². The van der Waals surface area contributed by atoms with Crippen molar-refractivity contribution < 1.29 is 4.74 Å². The molecule has 0 heterocycles. The Labute approximate surface area is 78.4 Å². The zero-order chi connectivity index (χ0) is 9.72. The highest BCUT2D eigenvalue weighted by Crippen LogP contribution is 2.07. The van der Waals surface area contributed by atoms with Gasteiger partial charge in [-0.15, -0.1) is 0 Å². The molecule has 3 nitrogen and oxygen atoms in total. The minimum Gasteiger partial charge on any atom is -0.501 e. The zero-order valence-electron chi connectivity index (χ0n) is 9.01. The fourth-order valence-corrected chi connectivity index (χ4v) is 2.49. The summed E-state index contributed by atoms with van der Waals surface area (Å²) in [5, 5.41) is 1.10. The highest BCUT2D eigenvalue weighted by atomic mass is 28.1. The van der Waals surface area contributed by atoms with E-state index in [0.29, 0.717) is 0 Å². The zero-order valence-corrected chi connectivity index (χ0v) is 11.0. The Bertz CT molecular complexity index is 156. The van der Waals surface area contributed by atoms with Gasteiger partial charge in [0.25, 0.3) is 0 Å². The minimum atomic E-state index is 0.754. The van der Waals surface area contributed by atoms with Gasteiger partial charge in [0.05, 0.1) is 16.8 Å². The van der Waals surface area contributed by atoms with Crippen molar-refractivity contribution >= 4 is 10.2 Å². The molecule has 0 spiro atoms. The van der Waals surface area contributed by atoms with E-state index < -0.39 is 0 Å². The Morgan fingerprint density at radius 2 is 1.58 bits per heavy atom. The smallest absolute Gasteiger partial charge is 0.135 e. The Morgan fingerprint density at radius 1 is 1.17 bits per heavy atom. The average molecular weight is 188 g/mol. The summed E-state index contributed by atoms with van der Waals surface area (Å²) >= 11 is 0. The molecule has 0 saturated heterocycles. The fraction of sp³-hybridized carbons (Fsp3) is 0.750. The number of nitrogens with zero attached hydrogens (tertiary/aromatic N) is 2. The first-order valence-electron chi connectivity index (χ1n) is 4.19. The molecule has 4 heteroatoms. The molecule has 0 saturated carbocycles. The quantitative estimate of drug-likeness (QED) is 0.443. The average Bonchev–Trinajstić information content (AvgIpc) is 1.85. The van der Waals surface area contributed by atoms with Crippen LogP contribution in [0.1, 0.15) is 6.92 Å². The van der Waals surface area contributed by atoms with Crippen molar-refractivity contribution in [2.24, 2.45) is 0 Å². The molecule has 0 N–H and O–H groups in total. The van der Waals surface area contributed by atoms with Gasteiger partial charge in [0.2, 0.25) is 0 Å². The van der Waals surface area contributed by atoms with Gasteiger partial charge in [0.15, 0.2) is 0 Å². The molecule has 0 aliphatic rings. The summed E-state index contributed by atoms with van der Waals surface area (Å²) in [6, 6.07) is 0. The second-order valence-electron chi connectivity index (χ2n) is 3.10. The van der Waals surface area contributed by atoms with E-state index in [2.05, 4.69) is 9.80 Å². The van der Waals surface area contributed by atoms with Gasteiger partial charge in [-0.1, -0.05) is 0 Å².